The van der Waals surface area contributed by atoms with Crippen LogP contribution in [0.2, 0.25) is 10.0 Å². The topological polar surface area (TPSA) is 68.3 Å². The number of sulfonamides is 1. The summed E-state index contributed by atoms with van der Waals surface area (Å²) in [5.74, 6) is 0.661. The molecule has 0 aliphatic carbocycles. The van der Waals surface area contributed by atoms with E-state index in [-0.39, 0.29) is 21.5 Å². The SMILES string of the molecule is O=S(=O)(Nc1cccnc1Oc1ccccc1)c1ccc(Cl)cc1Cl. The van der Waals surface area contributed by atoms with Crippen LogP contribution in [0.1, 0.15) is 0 Å². The molecule has 0 saturated carbocycles. The summed E-state index contributed by atoms with van der Waals surface area (Å²) < 4.78 is 33.3. The molecule has 5 nitrogen and oxygen atoms in total. The third-order valence-electron chi connectivity index (χ3n) is 3.16. The highest BCUT2D eigenvalue weighted by molar-refractivity contribution is 7.92. The van der Waals surface area contributed by atoms with E-state index >= 15 is 0 Å². The number of rotatable bonds is 5. The molecule has 0 amide bonds. The Morgan fingerprint density at radius 2 is 1.72 bits per heavy atom. The summed E-state index contributed by atoms with van der Waals surface area (Å²) >= 11 is 11.8. The van der Waals surface area contributed by atoms with E-state index in [1.807, 2.05) is 6.07 Å². The van der Waals surface area contributed by atoms with Gasteiger partial charge in [-0.3, -0.25) is 4.72 Å². The predicted molar refractivity (Wildman–Crippen MR) is 98.0 cm³/mol. The molecule has 128 valence electrons. The standard InChI is InChI=1S/C17H12Cl2N2O3S/c18-12-8-9-16(14(19)11-12)25(22,23)21-15-7-4-10-20-17(15)24-13-5-2-1-3-6-13/h1-11,21H. The van der Waals surface area contributed by atoms with Crippen molar-refractivity contribution in [1.29, 1.82) is 0 Å². The van der Waals surface area contributed by atoms with Crippen LogP contribution in [0, 0.1) is 0 Å². The van der Waals surface area contributed by atoms with Crippen LogP contribution in [-0.4, -0.2) is 13.4 Å². The Balaban J connectivity index is 1.92. The Kier molecular flexibility index (Phi) is 5.13. The van der Waals surface area contributed by atoms with Gasteiger partial charge in [0.05, 0.1) is 5.02 Å². The summed E-state index contributed by atoms with van der Waals surface area (Å²) in [5.41, 5.74) is 0.192. The van der Waals surface area contributed by atoms with Gasteiger partial charge in [0.25, 0.3) is 10.0 Å². The average Bonchev–Trinajstić information content (AvgIpc) is 2.57. The predicted octanol–water partition coefficient (Wildman–Crippen LogP) is 4.98. The second-order valence-electron chi connectivity index (χ2n) is 4.95. The molecule has 0 fully saturated rings. The highest BCUT2D eigenvalue weighted by Crippen LogP contribution is 2.31. The normalized spacial score (nSPS) is 11.1. The van der Waals surface area contributed by atoms with Gasteiger partial charge in [-0.25, -0.2) is 13.4 Å². The maximum Gasteiger partial charge on any atom is 0.263 e. The number of nitrogens with one attached hydrogen (secondary N) is 1. The lowest BCUT2D eigenvalue weighted by atomic mass is 10.3. The zero-order chi connectivity index (χ0) is 17.9. The van der Waals surface area contributed by atoms with Crippen LogP contribution in [0.15, 0.2) is 71.8 Å². The molecule has 0 bridgehead atoms. The van der Waals surface area contributed by atoms with Crippen molar-refractivity contribution in [3.63, 3.8) is 0 Å². The quantitative estimate of drug-likeness (QED) is 0.662. The number of nitrogens with zero attached hydrogens (tertiary/aromatic N) is 1. The van der Waals surface area contributed by atoms with Crippen molar-refractivity contribution < 1.29 is 13.2 Å². The van der Waals surface area contributed by atoms with E-state index in [2.05, 4.69) is 9.71 Å². The summed E-state index contributed by atoms with van der Waals surface area (Å²) in [6.07, 6.45) is 1.51. The number of anilines is 1. The lowest BCUT2D eigenvalue weighted by Gasteiger charge is -2.13. The summed E-state index contributed by atoms with van der Waals surface area (Å²) in [6, 6.07) is 16.2. The van der Waals surface area contributed by atoms with Crippen LogP contribution in [0.3, 0.4) is 0 Å². The minimum atomic E-state index is -3.94. The van der Waals surface area contributed by atoms with Crippen molar-refractivity contribution in [1.82, 2.24) is 4.98 Å². The first-order valence-corrected chi connectivity index (χ1v) is 9.35. The lowest BCUT2D eigenvalue weighted by molar-refractivity contribution is 0.465. The molecular weight excluding hydrogens is 383 g/mol. The Labute approximate surface area is 155 Å². The fourth-order valence-electron chi connectivity index (χ4n) is 2.04. The van der Waals surface area contributed by atoms with Crippen molar-refractivity contribution in [2.24, 2.45) is 0 Å². The maximum absolute atomic E-state index is 12.6. The Morgan fingerprint density at radius 1 is 0.960 bits per heavy atom. The Hall–Kier alpha value is -2.28. The van der Waals surface area contributed by atoms with Crippen molar-refractivity contribution in [2.75, 3.05) is 4.72 Å². The molecule has 1 aromatic heterocycles. The first-order chi connectivity index (χ1) is 12.0. The van der Waals surface area contributed by atoms with Gasteiger partial charge in [-0.2, -0.15) is 0 Å². The Morgan fingerprint density at radius 3 is 2.44 bits per heavy atom. The summed E-state index contributed by atoms with van der Waals surface area (Å²) in [6.45, 7) is 0. The van der Waals surface area contributed by atoms with E-state index in [1.54, 1.807) is 36.4 Å². The Bertz CT molecular complexity index is 996. The van der Waals surface area contributed by atoms with Crippen LogP contribution in [0.25, 0.3) is 0 Å². The molecule has 8 heteroatoms. The second kappa shape index (κ2) is 7.31. The molecule has 1 N–H and O–H groups in total. The van der Waals surface area contributed by atoms with Crippen LogP contribution in [-0.2, 0) is 10.0 Å². The molecule has 2 aromatic carbocycles. The first kappa shape index (κ1) is 17.5. The van der Waals surface area contributed by atoms with Crippen molar-refractivity contribution in [2.45, 2.75) is 4.90 Å². The monoisotopic (exact) mass is 394 g/mol. The number of ether oxygens (including phenoxy) is 1. The molecule has 3 aromatic rings. The molecule has 0 unspecified atom stereocenters. The van der Waals surface area contributed by atoms with Crippen LogP contribution in [0.4, 0.5) is 5.69 Å². The third kappa shape index (κ3) is 4.22. The first-order valence-electron chi connectivity index (χ1n) is 7.11. The van der Waals surface area contributed by atoms with Crippen molar-refractivity contribution in [3.05, 3.63) is 76.9 Å². The number of benzene rings is 2. The molecule has 3 rings (SSSR count). The van der Waals surface area contributed by atoms with Crippen LogP contribution in [0.5, 0.6) is 11.6 Å². The number of aromatic nitrogens is 1. The van der Waals surface area contributed by atoms with Crippen LogP contribution < -0.4 is 9.46 Å². The minimum Gasteiger partial charge on any atom is -0.437 e. The van der Waals surface area contributed by atoms with Gasteiger partial charge in [0, 0.05) is 11.2 Å². The van der Waals surface area contributed by atoms with Gasteiger partial charge in [-0.1, -0.05) is 41.4 Å². The highest BCUT2D eigenvalue weighted by atomic mass is 35.5. The summed E-state index contributed by atoms with van der Waals surface area (Å²) in [7, 11) is -3.94. The molecule has 0 atom stereocenters. The van der Waals surface area contributed by atoms with E-state index < -0.39 is 10.0 Å². The van der Waals surface area contributed by atoms with Gasteiger partial charge in [-0.05, 0) is 42.5 Å². The van der Waals surface area contributed by atoms with Crippen LogP contribution >= 0.6 is 23.2 Å². The van der Waals surface area contributed by atoms with Gasteiger partial charge in [0.15, 0.2) is 0 Å². The number of hydrogen-bond acceptors (Lipinski definition) is 4. The minimum absolute atomic E-state index is 0.0226. The maximum atomic E-state index is 12.6. The lowest BCUT2D eigenvalue weighted by Crippen LogP contribution is -2.14. The summed E-state index contributed by atoms with van der Waals surface area (Å²) in [4.78, 5) is 4.00. The smallest absolute Gasteiger partial charge is 0.263 e. The zero-order valence-corrected chi connectivity index (χ0v) is 15.0. The molecule has 1 heterocycles. The molecule has 0 spiro atoms. The molecular formula is C17H12Cl2N2O3S. The molecule has 0 aliphatic heterocycles. The van der Waals surface area contributed by atoms with Crippen molar-refractivity contribution in [3.8, 4) is 11.6 Å². The van der Waals surface area contributed by atoms with E-state index in [9.17, 15) is 8.42 Å². The molecule has 0 radical (unpaired) electrons. The molecule has 25 heavy (non-hydrogen) atoms. The molecule has 0 saturated heterocycles. The van der Waals surface area contributed by atoms with Crippen molar-refractivity contribution >= 4 is 38.9 Å². The van der Waals surface area contributed by atoms with E-state index in [1.165, 1.54) is 24.4 Å². The van der Waals surface area contributed by atoms with Gasteiger partial charge in [-0.15, -0.1) is 0 Å². The van der Waals surface area contributed by atoms with Gasteiger partial charge in [0.1, 0.15) is 16.3 Å². The van der Waals surface area contributed by atoms with Gasteiger partial charge in [0.2, 0.25) is 5.88 Å². The highest BCUT2D eigenvalue weighted by Gasteiger charge is 2.20. The largest absolute Gasteiger partial charge is 0.437 e. The fraction of sp³-hybridized carbons (Fsp3) is 0. The summed E-state index contributed by atoms with van der Waals surface area (Å²) in [5, 5.41) is 0.368. The molecule has 0 aliphatic rings. The zero-order valence-electron chi connectivity index (χ0n) is 12.7. The van der Waals surface area contributed by atoms with E-state index in [0.29, 0.717) is 10.8 Å². The number of pyridine rings is 1. The number of halogens is 2. The fourth-order valence-corrected chi connectivity index (χ4v) is 3.87. The third-order valence-corrected chi connectivity index (χ3v) is 5.24. The number of hydrogen-bond donors (Lipinski definition) is 1. The second-order valence-corrected chi connectivity index (χ2v) is 7.45. The van der Waals surface area contributed by atoms with E-state index in [0.717, 1.165) is 0 Å². The average molecular weight is 395 g/mol. The van der Waals surface area contributed by atoms with Gasteiger partial charge < -0.3 is 4.74 Å². The van der Waals surface area contributed by atoms with Gasteiger partial charge >= 0.3 is 0 Å². The number of para-hydroxylation sites is 1. The van der Waals surface area contributed by atoms with E-state index in [4.69, 9.17) is 27.9 Å².